The van der Waals surface area contributed by atoms with Crippen LogP contribution >= 0.6 is 0 Å². The summed E-state index contributed by atoms with van der Waals surface area (Å²) in [6, 6.07) is 5.44. The van der Waals surface area contributed by atoms with Gasteiger partial charge in [0.15, 0.2) is 0 Å². The molecule has 0 aliphatic heterocycles. The third kappa shape index (κ3) is 1.80. The van der Waals surface area contributed by atoms with Crippen LogP contribution in [0, 0.1) is 13.8 Å². The highest BCUT2D eigenvalue weighted by atomic mass is 16.4. The van der Waals surface area contributed by atoms with Gasteiger partial charge >= 0.3 is 0 Å². The van der Waals surface area contributed by atoms with Gasteiger partial charge in [-0.1, -0.05) is 18.2 Å². The van der Waals surface area contributed by atoms with E-state index in [-0.39, 0.29) is 0 Å². The molecular weight excluding hydrogens is 180 g/mol. The molecule has 14 heavy (non-hydrogen) atoms. The first-order valence-electron chi connectivity index (χ1n) is 4.56. The SMILES string of the molecule is Cc1cccc(C(O)(CO)CO)c1C. The zero-order chi connectivity index (χ0) is 10.8. The van der Waals surface area contributed by atoms with E-state index in [1.165, 1.54) is 0 Å². The number of aliphatic hydroxyl groups is 3. The molecule has 0 aromatic heterocycles. The molecule has 78 valence electrons. The van der Waals surface area contributed by atoms with Gasteiger partial charge in [-0.15, -0.1) is 0 Å². The molecule has 0 saturated carbocycles. The molecule has 0 unspecified atom stereocenters. The van der Waals surface area contributed by atoms with Crippen molar-refractivity contribution < 1.29 is 15.3 Å². The summed E-state index contributed by atoms with van der Waals surface area (Å²) in [6.45, 7) is 2.83. The van der Waals surface area contributed by atoms with Crippen molar-refractivity contribution in [2.75, 3.05) is 13.2 Å². The van der Waals surface area contributed by atoms with E-state index in [9.17, 15) is 5.11 Å². The van der Waals surface area contributed by atoms with Crippen molar-refractivity contribution in [2.45, 2.75) is 19.4 Å². The third-order valence-electron chi connectivity index (χ3n) is 2.63. The van der Waals surface area contributed by atoms with Crippen LogP contribution in [-0.2, 0) is 5.60 Å². The maximum atomic E-state index is 9.91. The van der Waals surface area contributed by atoms with Crippen molar-refractivity contribution >= 4 is 0 Å². The quantitative estimate of drug-likeness (QED) is 0.658. The van der Waals surface area contributed by atoms with Crippen LogP contribution in [0.3, 0.4) is 0 Å². The highest BCUT2D eigenvalue weighted by Gasteiger charge is 2.29. The summed E-state index contributed by atoms with van der Waals surface area (Å²) in [7, 11) is 0. The first-order valence-corrected chi connectivity index (χ1v) is 4.56. The second kappa shape index (κ2) is 4.09. The lowest BCUT2D eigenvalue weighted by Crippen LogP contribution is -2.35. The van der Waals surface area contributed by atoms with Crippen molar-refractivity contribution in [1.82, 2.24) is 0 Å². The fourth-order valence-electron chi connectivity index (χ4n) is 1.48. The summed E-state index contributed by atoms with van der Waals surface area (Å²) in [6.07, 6.45) is 0. The summed E-state index contributed by atoms with van der Waals surface area (Å²) in [4.78, 5) is 0. The highest BCUT2D eigenvalue weighted by Crippen LogP contribution is 2.25. The van der Waals surface area contributed by atoms with Crippen LogP contribution in [0.2, 0.25) is 0 Å². The van der Waals surface area contributed by atoms with Crippen LogP contribution in [0.5, 0.6) is 0 Å². The van der Waals surface area contributed by atoms with Gasteiger partial charge in [-0.2, -0.15) is 0 Å². The molecular formula is C11H16O3. The van der Waals surface area contributed by atoms with Crippen LogP contribution in [0.1, 0.15) is 16.7 Å². The Labute approximate surface area is 83.6 Å². The average Bonchev–Trinajstić information content (AvgIpc) is 2.21. The number of hydrogen-bond donors (Lipinski definition) is 3. The number of aryl methyl sites for hydroxylation is 1. The van der Waals surface area contributed by atoms with E-state index in [1.54, 1.807) is 12.1 Å². The fraction of sp³-hybridized carbons (Fsp3) is 0.455. The van der Waals surface area contributed by atoms with Gasteiger partial charge in [0.2, 0.25) is 0 Å². The minimum absolute atomic E-state index is 0.478. The van der Waals surface area contributed by atoms with E-state index in [0.29, 0.717) is 5.56 Å². The lowest BCUT2D eigenvalue weighted by molar-refractivity contribution is -0.0603. The van der Waals surface area contributed by atoms with E-state index in [1.807, 2.05) is 19.9 Å². The van der Waals surface area contributed by atoms with Crippen LogP contribution in [0.15, 0.2) is 18.2 Å². The minimum atomic E-state index is -1.53. The van der Waals surface area contributed by atoms with Gasteiger partial charge in [0.1, 0.15) is 5.60 Å². The summed E-state index contributed by atoms with van der Waals surface area (Å²) >= 11 is 0. The number of hydrogen-bond acceptors (Lipinski definition) is 3. The molecule has 1 aromatic rings. The molecule has 0 aliphatic rings. The molecule has 0 atom stereocenters. The molecule has 0 fully saturated rings. The largest absolute Gasteiger partial charge is 0.393 e. The molecule has 3 heteroatoms. The van der Waals surface area contributed by atoms with Gasteiger partial charge in [0, 0.05) is 0 Å². The van der Waals surface area contributed by atoms with E-state index >= 15 is 0 Å². The second-order valence-corrected chi connectivity index (χ2v) is 3.60. The van der Waals surface area contributed by atoms with Crippen molar-refractivity contribution in [3.8, 4) is 0 Å². The van der Waals surface area contributed by atoms with Crippen molar-refractivity contribution in [3.63, 3.8) is 0 Å². The van der Waals surface area contributed by atoms with E-state index in [4.69, 9.17) is 10.2 Å². The Bertz CT molecular complexity index is 316. The normalized spacial score (nSPS) is 11.8. The first-order chi connectivity index (χ1) is 6.55. The average molecular weight is 196 g/mol. The van der Waals surface area contributed by atoms with Crippen molar-refractivity contribution in [3.05, 3.63) is 34.9 Å². The van der Waals surface area contributed by atoms with Gasteiger partial charge in [0.05, 0.1) is 13.2 Å². The van der Waals surface area contributed by atoms with Crippen LogP contribution in [-0.4, -0.2) is 28.5 Å². The standard InChI is InChI=1S/C11H16O3/c1-8-4-3-5-10(9(8)2)11(14,6-12)7-13/h3-5,12-14H,6-7H2,1-2H3. The maximum Gasteiger partial charge on any atom is 0.136 e. The topological polar surface area (TPSA) is 60.7 Å². The Hall–Kier alpha value is -0.900. The third-order valence-corrected chi connectivity index (χ3v) is 2.63. The lowest BCUT2D eigenvalue weighted by Gasteiger charge is -2.26. The molecule has 0 heterocycles. The van der Waals surface area contributed by atoms with Crippen LogP contribution in [0.4, 0.5) is 0 Å². The van der Waals surface area contributed by atoms with Gasteiger partial charge < -0.3 is 15.3 Å². The second-order valence-electron chi connectivity index (χ2n) is 3.60. The highest BCUT2D eigenvalue weighted by molar-refractivity contribution is 5.37. The Kier molecular flexibility index (Phi) is 3.26. The molecule has 1 aromatic carbocycles. The molecule has 3 N–H and O–H groups in total. The molecule has 0 saturated heterocycles. The lowest BCUT2D eigenvalue weighted by atomic mass is 9.89. The molecule has 3 nitrogen and oxygen atoms in total. The van der Waals surface area contributed by atoms with Gasteiger partial charge in [-0.05, 0) is 30.5 Å². The first kappa shape index (κ1) is 11.2. The Balaban J connectivity index is 3.24. The van der Waals surface area contributed by atoms with Crippen molar-refractivity contribution in [2.24, 2.45) is 0 Å². The van der Waals surface area contributed by atoms with Gasteiger partial charge in [-0.3, -0.25) is 0 Å². The fourth-order valence-corrected chi connectivity index (χ4v) is 1.48. The summed E-state index contributed by atoms with van der Waals surface area (Å²) in [5, 5.41) is 28.0. The van der Waals surface area contributed by atoms with E-state index < -0.39 is 18.8 Å². The number of rotatable bonds is 3. The summed E-state index contributed by atoms with van der Waals surface area (Å²) < 4.78 is 0. The number of benzene rings is 1. The smallest absolute Gasteiger partial charge is 0.136 e. The minimum Gasteiger partial charge on any atom is -0.393 e. The zero-order valence-corrected chi connectivity index (χ0v) is 8.49. The summed E-state index contributed by atoms with van der Waals surface area (Å²) in [5.74, 6) is 0. The molecule has 0 aliphatic carbocycles. The molecule has 0 radical (unpaired) electrons. The Morgan fingerprint density at radius 1 is 1.14 bits per heavy atom. The zero-order valence-electron chi connectivity index (χ0n) is 8.49. The predicted molar refractivity (Wildman–Crippen MR) is 54.0 cm³/mol. The molecule has 1 rings (SSSR count). The van der Waals surface area contributed by atoms with Crippen molar-refractivity contribution in [1.29, 1.82) is 0 Å². The predicted octanol–water partition coefficient (Wildman–Crippen LogP) is 0.476. The molecule has 0 spiro atoms. The van der Waals surface area contributed by atoms with E-state index in [2.05, 4.69) is 0 Å². The van der Waals surface area contributed by atoms with Gasteiger partial charge in [-0.25, -0.2) is 0 Å². The van der Waals surface area contributed by atoms with Crippen LogP contribution < -0.4 is 0 Å². The Morgan fingerprint density at radius 3 is 2.21 bits per heavy atom. The Morgan fingerprint density at radius 2 is 1.71 bits per heavy atom. The van der Waals surface area contributed by atoms with Crippen LogP contribution in [0.25, 0.3) is 0 Å². The molecule has 0 amide bonds. The molecule has 0 bridgehead atoms. The summed E-state index contributed by atoms with van der Waals surface area (Å²) in [5.41, 5.74) is 0.985. The van der Waals surface area contributed by atoms with E-state index in [0.717, 1.165) is 11.1 Å². The monoisotopic (exact) mass is 196 g/mol. The maximum absolute atomic E-state index is 9.91. The number of aliphatic hydroxyl groups excluding tert-OH is 2. The van der Waals surface area contributed by atoms with Gasteiger partial charge in [0.25, 0.3) is 0 Å².